The number of rotatable bonds is 4. The highest BCUT2D eigenvalue weighted by molar-refractivity contribution is 6.66. The Kier molecular flexibility index (Phi) is 3.85. The molecule has 25 heavy (non-hydrogen) atoms. The molecule has 3 heterocycles. The van der Waals surface area contributed by atoms with E-state index in [1.54, 1.807) is 17.9 Å². The SMILES string of the molecule is Cn1ncc2c1[C@@H](/C(Cl)=N/O)N1C[C@@H]2N(OCc2ccccc2)C1=O. The molecule has 2 aromatic rings. The third-order valence-electron chi connectivity index (χ3n) is 4.57. The molecule has 1 N–H and O–H groups in total. The molecule has 1 aromatic heterocycles. The Hall–Kier alpha value is -2.58. The van der Waals surface area contributed by atoms with Crippen LogP contribution in [0.3, 0.4) is 0 Å². The first kappa shape index (κ1) is 15.9. The van der Waals surface area contributed by atoms with Crippen LogP contribution in [0.4, 0.5) is 4.79 Å². The maximum absolute atomic E-state index is 12.8. The number of carbonyl (C=O) groups is 1. The number of benzene rings is 1. The highest BCUT2D eigenvalue weighted by atomic mass is 35.5. The van der Waals surface area contributed by atoms with Crippen LogP contribution in [-0.4, -0.2) is 42.7 Å². The lowest BCUT2D eigenvalue weighted by Gasteiger charge is -2.29. The van der Waals surface area contributed by atoms with E-state index in [4.69, 9.17) is 21.6 Å². The number of amides is 2. The summed E-state index contributed by atoms with van der Waals surface area (Å²) in [6.45, 7) is 0.668. The molecule has 1 fully saturated rings. The van der Waals surface area contributed by atoms with Crippen molar-refractivity contribution in [2.45, 2.75) is 18.7 Å². The summed E-state index contributed by atoms with van der Waals surface area (Å²) in [5.74, 6) is 0. The Labute approximate surface area is 148 Å². The molecule has 0 radical (unpaired) electrons. The first-order chi connectivity index (χ1) is 12.1. The highest BCUT2D eigenvalue weighted by Crippen LogP contribution is 2.44. The molecule has 0 spiro atoms. The van der Waals surface area contributed by atoms with Crippen molar-refractivity contribution in [1.29, 1.82) is 0 Å². The molecular formula is C16H16ClN5O3. The first-order valence-corrected chi connectivity index (χ1v) is 8.15. The standard InChI is InChI=1S/C16H16ClN5O3/c1-20-13-11(7-18-20)12-8-21(14(13)15(17)19-24)16(23)22(12)25-9-10-5-3-2-4-6-10/h2-7,12,14,24H,8-9H2,1H3/b19-15-/t12-,14-/m0/s1. The zero-order chi connectivity index (χ0) is 17.6. The number of aromatic nitrogens is 2. The third kappa shape index (κ3) is 2.45. The Morgan fingerprint density at radius 1 is 1.44 bits per heavy atom. The van der Waals surface area contributed by atoms with Crippen molar-refractivity contribution in [2.24, 2.45) is 12.2 Å². The van der Waals surface area contributed by atoms with Gasteiger partial charge in [-0.2, -0.15) is 10.2 Å². The van der Waals surface area contributed by atoms with E-state index in [9.17, 15) is 4.79 Å². The van der Waals surface area contributed by atoms with Crippen LogP contribution in [0.25, 0.3) is 0 Å². The first-order valence-electron chi connectivity index (χ1n) is 7.77. The molecular weight excluding hydrogens is 346 g/mol. The molecule has 2 atom stereocenters. The minimum absolute atomic E-state index is 0.0819. The van der Waals surface area contributed by atoms with Gasteiger partial charge in [-0.1, -0.05) is 47.1 Å². The summed E-state index contributed by atoms with van der Waals surface area (Å²) in [4.78, 5) is 20.2. The van der Waals surface area contributed by atoms with Crippen molar-refractivity contribution in [3.05, 3.63) is 53.3 Å². The molecule has 8 nitrogen and oxygen atoms in total. The molecule has 1 saturated heterocycles. The molecule has 2 aliphatic heterocycles. The Morgan fingerprint density at radius 3 is 2.92 bits per heavy atom. The average molecular weight is 362 g/mol. The van der Waals surface area contributed by atoms with Gasteiger partial charge in [-0.3, -0.25) is 9.52 Å². The molecule has 130 valence electrons. The van der Waals surface area contributed by atoms with E-state index in [-0.39, 0.29) is 23.9 Å². The number of urea groups is 1. The quantitative estimate of drug-likeness (QED) is 0.515. The lowest BCUT2D eigenvalue weighted by Crippen LogP contribution is -2.38. The fourth-order valence-electron chi connectivity index (χ4n) is 3.40. The minimum Gasteiger partial charge on any atom is -0.410 e. The molecule has 2 amide bonds. The minimum atomic E-state index is -0.678. The number of aryl methyl sites for hydroxylation is 1. The molecule has 0 aliphatic carbocycles. The van der Waals surface area contributed by atoms with E-state index in [0.29, 0.717) is 6.54 Å². The second-order valence-electron chi connectivity index (χ2n) is 5.97. The number of hydrogen-bond acceptors (Lipinski definition) is 5. The van der Waals surface area contributed by atoms with Gasteiger partial charge in [0, 0.05) is 12.6 Å². The Morgan fingerprint density at radius 2 is 2.20 bits per heavy atom. The smallest absolute Gasteiger partial charge is 0.345 e. The van der Waals surface area contributed by atoms with Crippen LogP contribution in [0.2, 0.25) is 0 Å². The largest absolute Gasteiger partial charge is 0.410 e. The van der Waals surface area contributed by atoms with Gasteiger partial charge in [0.2, 0.25) is 0 Å². The summed E-state index contributed by atoms with van der Waals surface area (Å²) < 4.78 is 1.64. The number of hydrogen-bond donors (Lipinski definition) is 1. The fourth-order valence-corrected chi connectivity index (χ4v) is 3.62. The third-order valence-corrected chi connectivity index (χ3v) is 4.85. The van der Waals surface area contributed by atoms with E-state index in [1.165, 1.54) is 9.96 Å². The number of halogens is 1. The van der Waals surface area contributed by atoms with Crippen molar-refractivity contribution in [3.63, 3.8) is 0 Å². The molecule has 4 rings (SSSR count). The molecule has 9 heteroatoms. The number of nitrogens with zero attached hydrogens (tertiary/aromatic N) is 5. The van der Waals surface area contributed by atoms with Crippen LogP contribution < -0.4 is 0 Å². The van der Waals surface area contributed by atoms with Gasteiger partial charge in [-0.05, 0) is 5.56 Å². The predicted molar refractivity (Wildman–Crippen MR) is 88.9 cm³/mol. The molecule has 2 bridgehead atoms. The molecule has 0 saturated carbocycles. The van der Waals surface area contributed by atoms with Gasteiger partial charge >= 0.3 is 6.03 Å². The maximum atomic E-state index is 12.8. The van der Waals surface area contributed by atoms with Gasteiger partial charge in [0.1, 0.15) is 18.7 Å². The lowest BCUT2D eigenvalue weighted by atomic mass is 9.98. The normalized spacial score (nSPS) is 22.5. The van der Waals surface area contributed by atoms with Crippen molar-refractivity contribution in [2.75, 3.05) is 6.54 Å². The Balaban J connectivity index is 1.66. The number of carbonyl (C=O) groups excluding carboxylic acids is 1. The summed E-state index contributed by atoms with van der Waals surface area (Å²) >= 11 is 6.08. The van der Waals surface area contributed by atoms with E-state index >= 15 is 0 Å². The maximum Gasteiger partial charge on any atom is 0.345 e. The van der Waals surface area contributed by atoms with E-state index in [0.717, 1.165) is 16.8 Å². The van der Waals surface area contributed by atoms with Gasteiger partial charge in [-0.25, -0.2) is 4.79 Å². The van der Waals surface area contributed by atoms with Gasteiger partial charge in [0.05, 0.1) is 18.4 Å². The van der Waals surface area contributed by atoms with Crippen LogP contribution >= 0.6 is 11.6 Å². The van der Waals surface area contributed by atoms with E-state index in [1.807, 2.05) is 30.3 Å². The van der Waals surface area contributed by atoms with Crippen LogP contribution in [0.15, 0.2) is 41.7 Å². The second kappa shape index (κ2) is 6.05. The van der Waals surface area contributed by atoms with Crippen molar-refractivity contribution in [3.8, 4) is 0 Å². The summed E-state index contributed by atoms with van der Waals surface area (Å²) in [6, 6.07) is 8.34. The number of oxime groups is 1. The zero-order valence-corrected chi connectivity index (χ0v) is 14.2. The monoisotopic (exact) mass is 361 g/mol. The number of hydroxylamine groups is 2. The van der Waals surface area contributed by atoms with Gasteiger partial charge < -0.3 is 10.1 Å². The summed E-state index contributed by atoms with van der Waals surface area (Å²) in [7, 11) is 1.76. The molecule has 1 aromatic carbocycles. The average Bonchev–Trinajstić information content (AvgIpc) is 3.15. The van der Waals surface area contributed by atoms with E-state index < -0.39 is 6.04 Å². The van der Waals surface area contributed by atoms with Crippen LogP contribution in [0.5, 0.6) is 0 Å². The summed E-state index contributed by atoms with van der Waals surface area (Å²) in [5, 5.41) is 17.7. The second-order valence-corrected chi connectivity index (χ2v) is 6.36. The highest BCUT2D eigenvalue weighted by Gasteiger charge is 2.51. The number of fused-ring (bicyclic) bond motifs is 4. The summed E-state index contributed by atoms with van der Waals surface area (Å²) in [6.07, 6.45) is 1.70. The van der Waals surface area contributed by atoms with Gasteiger partial charge in [-0.15, -0.1) is 0 Å². The van der Waals surface area contributed by atoms with E-state index in [2.05, 4.69) is 10.3 Å². The summed E-state index contributed by atoms with van der Waals surface area (Å²) in [5.41, 5.74) is 2.52. The predicted octanol–water partition coefficient (Wildman–Crippen LogP) is 2.41. The van der Waals surface area contributed by atoms with Crippen LogP contribution in [-0.2, 0) is 18.5 Å². The van der Waals surface area contributed by atoms with Crippen LogP contribution in [0, 0.1) is 0 Å². The van der Waals surface area contributed by atoms with Crippen LogP contribution in [0.1, 0.15) is 28.9 Å². The van der Waals surface area contributed by atoms with Crippen molar-refractivity contribution >= 4 is 22.8 Å². The zero-order valence-electron chi connectivity index (χ0n) is 13.4. The topological polar surface area (TPSA) is 83.2 Å². The lowest BCUT2D eigenvalue weighted by molar-refractivity contribution is -0.141. The van der Waals surface area contributed by atoms with Gasteiger partial charge in [0.25, 0.3) is 0 Å². The Bertz CT molecular complexity index is 838. The molecule has 0 unspecified atom stereocenters. The van der Waals surface area contributed by atoms with Crippen molar-refractivity contribution < 1.29 is 14.8 Å². The fraction of sp³-hybridized carbons (Fsp3) is 0.312. The van der Waals surface area contributed by atoms with Crippen molar-refractivity contribution in [1.82, 2.24) is 19.7 Å². The van der Waals surface area contributed by atoms with Gasteiger partial charge in [0.15, 0.2) is 5.17 Å². The molecule has 2 aliphatic rings.